The molecule has 1 N–H and O–H groups in total. The summed E-state index contributed by atoms with van der Waals surface area (Å²) >= 11 is 11.3. The van der Waals surface area contributed by atoms with E-state index in [1.165, 1.54) is 7.11 Å². The highest BCUT2D eigenvalue weighted by molar-refractivity contribution is 6.30. The number of hydrogen-bond donors (Lipinski definition) is 1. The molecule has 106 valence electrons. The van der Waals surface area contributed by atoms with Crippen LogP contribution in [0.1, 0.15) is 16.8 Å². The minimum Gasteiger partial charge on any atom is -0.496 e. The van der Waals surface area contributed by atoms with Crippen LogP contribution in [0.3, 0.4) is 0 Å². The molecule has 1 aromatic carbocycles. The molecule has 0 atom stereocenters. The zero-order valence-corrected chi connectivity index (χ0v) is 12.3. The van der Waals surface area contributed by atoms with E-state index in [0.717, 1.165) is 6.42 Å². The lowest BCUT2D eigenvalue weighted by atomic mass is 10.2. The van der Waals surface area contributed by atoms with Gasteiger partial charge in [0.15, 0.2) is 0 Å². The number of ether oxygens (including phenoxy) is 2. The molecule has 1 aromatic rings. The number of rotatable bonds is 8. The van der Waals surface area contributed by atoms with Gasteiger partial charge < -0.3 is 14.8 Å². The predicted octanol–water partition coefficient (Wildman–Crippen LogP) is 2.72. The van der Waals surface area contributed by atoms with Crippen molar-refractivity contribution in [3.8, 4) is 5.75 Å². The van der Waals surface area contributed by atoms with Crippen LogP contribution >= 0.6 is 23.2 Å². The fourth-order valence-corrected chi connectivity index (χ4v) is 1.75. The lowest BCUT2D eigenvalue weighted by Gasteiger charge is -2.09. The fourth-order valence-electron chi connectivity index (χ4n) is 1.48. The Labute approximate surface area is 123 Å². The topological polar surface area (TPSA) is 47.6 Å². The van der Waals surface area contributed by atoms with E-state index in [1.54, 1.807) is 18.2 Å². The van der Waals surface area contributed by atoms with E-state index < -0.39 is 0 Å². The third-order valence-corrected chi connectivity index (χ3v) is 2.77. The lowest BCUT2D eigenvalue weighted by molar-refractivity contribution is 0.0941. The third kappa shape index (κ3) is 5.68. The Morgan fingerprint density at radius 1 is 1.37 bits per heavy atom. The number of nitrogens with one attached hydrogen (secondary N) is 1. The maximum Gasteiger partial charge on any atom is 0.255 e. The molecule has 19 heavy (non-hydrogen) atoms. The minimum absolute atomic E-state index is 0.189. The van der Waals surface area contributed by atoms with Crippen molar-refractivity contribution < 1.29 is 14.3 Å². The molecule has 0 fully saturated rings. The van der Waals surface area contributed by atoms with Gasteiger partial charge in [-0.05, 0) is 24.6 Å². The second kappa shape index (κ2) is 9.02. The molecule has 6 heteroatoms. The molecule has 1 amide bonds. The Kier molecular flexibility index (Phi) is 7.63. The van der Waals surface area contributed by atoms with Gasteiger partial charge in [-0.15, -0.1) is 11.6 Å². The molecular formula is C13H17Cl2NO3. The highest BCUT2D eigenvalue weighted by Crippen LogP contribution is 2.22. The third-order valence-electron chi connectivity index (χ3n) is 2.38. The Morgan fingerprint density at radius 2 is 2.16 bits per heavy atom. The molecular weight excluding hydrogens is 289 g/mol. The van der Waals surface area contributed by atoms with Gasteiger partial charge in [0.2, 0.25) is 0 Å². The maximum atomic E-state index is 11.9. The quantitative estimate of drug-likeness (QED) is 0.593. The van der Waals surface area contributed by atoms with Gasteiger partial charge in [-0.3, -0.25) is 4.79 Å². The largest absolute Gasteiger partial charge is 0.496 e. The van der Waals surface area contributed by atoms with E-state index in [-0.39, 0.29) is 5.91 Å². The van der Waals surface area contributed by atoms with E-state index >= 15 is 0 Å². The van der Waals surface area contributed by atoms with E-state index in [2.05, 4.69) is 5.32 Å². The van der Waals surface area contributed by atoms with Crippen LogP contribution in [-0.4, -0.2) is 38.7 Å². The number of halogens is 2. The number of hydrogen-bond acceptors (Lipinski definition) is 3. The van der Waals surface area contributed by atoms with Crippen molar-refractivity contribution >= 4 is 29.1 Å². The van der Waals surface area contributed by atoms with Crippen molar-refractivity contribution in [2.75, 3.05) is 32.7 Å². The zero-order chi connectivity index (χ0) is 14.1. The van der Waals surface area contributed by atoms with Crippen LogP contribution in [0.4, 0.5) is 0 Å². The summed E-state index contributed by atoms with van der Waals surface area (Å²) in [4.78, 5) is 11.9. The molecule has 0 unspecified atom stereocenters. The van der Waals surface area contributed by atoms with Crippen molar-refractivity contribution in [2.24, 2.45) is 0 Å². The second-order valence-corrected chi connectivity index (χ2v) is 4.57. The first-order chi connectivity index (χ1) is 9.19. The van der Waals surface area contributed by atoms with Crippen LogP contribution in [0, 0.1) is 0 Å². The lowest BCUT2D eigenvalue weighted by Crippen LogP contribution is -2.25. The van der Waals surface area contributed by atoms with Crippen molar-refractivity contribution in [1.29, 1.82) is 0 Å². The smallest absolute Gasteiger partial charge is 0.255 e. The Hall–Kier alpha value is -0.970. The minimum atomic E-state index is -0.189. The fraction of sp³-hybridized carbons (Fsp3) is 0.462. The Bertz CT molecular complexity index is 413. The first-order valence-electron chi connectivity index (χ1n) is 5.94. The summed E-state index contributed by atoms with van der Waals surface area (Å²) in [5, 5.41) is 3.33. The first-order valence-corrected chi connectivity index (χ1v) is 6.85. The summed E-state index contributed by atoms with van der Waals surface area (Å²) < 4.78 is 10.3. The summed E-state index contributed by atoms with van der Waals surface area (Å²) in [5.74, 6) is 0.753. The normalized spacial score (nSPS) is 10.3. The molecule has 0 aliphatic carbocycles. The number of benzene rings is 1. The molecule has 0 aromatic heterocycles. The molecule has 4 nitrogen and oxygen atoms in total. The van der Waals surface area contributed by atoms with Crippen LogP contribution in [0.25, 0.3) is 0 Å². The SMILES string of the molecule is COc1cc(Cl)ccc1C(=O)NCCCOCCCl. The van der Waals surface area contributed by atoms with Crippen molar-refractivity contribution in [1.82, 2.24) is 5.32 Å². The molecule has 0 aliphatic rings. The molecule has 0 saturated heterocycles. The average molecular weight is 306 g/mol. The van der Waals surface area contributed by atoms with Gasteiger partial charge in [-0.25, -0.2) is 0 Å². The Morgan fingerprint density at radius 3 is 2.84 bits per heavy atom. The van der Waals surface area contributed by atoms with Crippen molar-refractivity contribution in [3.63, 3.8) is 0 Å². The van der Waals surface area contributed by atoms with Crippen molar-refractivity contribution in [2.45, 2.75) is 6.42 Å². The standard InChI is InChI=1S/C13H17Cl2NO3/c1-18-12-9-10(15)3-4-11(12)13(17)16-6-2-7-19-8-5-14/h3-4,9H,2,5-8H2,1H3,(H,16,17). The van der Waals surface area contributed by atoms with E-state index in [9.17, 15) is 4.79 Å². The Balaban J connectivity index is 2.41. The van der Waals surface area contributed by atoms with Gasteiger partial charge in [-0.1, -0.05) is 11.6 Å². The van der Waals surface area contributed by atoms with E-state index in [4.69, 9.17) is 32.7 Å². The number of methoxy groups -OCH3 is 1. The average Bonchev–Trinajstić information content (AvgIpc) is 2.42. The number of carbonyl (C=O) groups excluding carboxylic acids is 1. The molecule has 0 saturated carbocycles. The highest BCUT2D eigenvalue weighted by Gasteiger charge is 2.11. The molecule has 0 bridgehead atoms. The number of alkyl halides is 1. The van der Waals surface area contributed by atoms with Gasteiger partial charge in [0.1, 0.15) is 5.75 Å². The molecule has 1 rings (SSSR count). The number of amides is 1. The van der Waals surface area contributed by atoms with Crippen LogP contribution in [0.15, 0.2) is 18.2 Å². The summed E-state index contributed by atoms with van der Waals surface area (Å²) in [6.07, 6.45) is 0.735. The molecule has 0 heterocycles. The molecule has 0 radical (unpaired) electrons. The number of carbonyl (C=O) groups is 1. The summed E-state index contributed by atoms with van der Waals surface area (Å²) in [7, 11) is 1.50. The first kappa shape index (κ1) is 16.1. The molecule has 0 spiro atoms. The second-order valence-electron chi connectivity index (χ2n) is 3.76. The van der Waals surface area contributed by atoms with Gasteiger partial charge in [0.05, 0.1) is 19.3 Å². The zero-order valence-electron chi connectivity index (χ0n) is 10.7. The summed E-state index contributed by atoms with van der Waals surface area (Å²) in [5.41, 5.74) is 0.466. The monoisotopic (exact) mass is 305 g/mol. The van der Waals surface area contributed by atoms with Crippen LogP contribution < -0.4 is 10.1 Å². The van der Waals surface area contributed by atoms with E-state index in [1.807, 2.05) is 0 Å². The molecule has 0 aliphatic heterocycles. The highest BCUT2D eigenvalue weighted by atomic mass is 35.5. The van der Waals surface area contributed by atoms with Gasteiger partial charge >= 0.3 is 0 Å². The van der Waals surface area contributed by atoms with Crippen molar-refractivity contribution in [3.05, 3.63) is 28.8 Å². The van der Waals surface area contributed by atoms with Crippen LogP contribution in [0.2, 0.25) is 5.02 Å². The summed E-state index contributed by atoms with van der Waals surface area (Å²) in [6, 6.07) is 4.91. The van der Waals surface area contributed by atoms with E-state index in [0.29, 0.717) is 42.0 Å². The predicted molar refractivity (Wildman–Crippen MR) is 76.5 cm³/mol. The van der Waals surface area contributed by atoms with Gasteiger partial charge in [0, 0.05) is 24.1 Å². The van der Waals surface area contributed by atoms with Gasteiger partial charge in [-0.2, -0.15) is 0 Å². The van der Waals surface area contributed by atoms with Crippen LogP contribution in [-0.2, 0) is 4.74 Å². The maximum absolute atomic E-state index is 11.9. The van der Waals surface area contributed by atoms with Gasteiger partial charge in [0.25, 0.3) is 5.91 Å². The van der Waals surface area contributed by atoms with Crippen LogP contribution in [0.5, 0.6) is 5.75 Å². The summed E-state index contributed by atoms with van der Waals surface area (Å²) in [6.45, 7) is 1.64.